The van der Waals surface area contributed by atoms with Gasteiger partial charge >= 0.3 is 11.9 Å². The fourth-order valence-electron chi connectivity index (χ4n) is 3.28. The van der Waals surface area contributed by atoms with Crippen LogP contribution in [-0.4, -0.2) is 59.0 Å². The summed E-state index contributed by atoms with van der Waals surface area (Å²) in [6.07, 6.45) is 4.69. The van der Waals surface area contributed by atoms with Crippen molar-refractivity contribution in [2.45, 2.75) is 13.8 Å². The first-order valence-corrected chi connectivity index (χ1v) is 11.0. The second-order valence-corrected chi connectivity index (χ2v) is 7.60. The monoisotopic (exact) mass is 513 g/mol. The zero-order valence-corrected chi connectivity index (χ0v) is 20.7. The van der Waals surface area contributed by atoms with Crippen LogP contribution in [-0.2, 0) is 9.47 Å². The lowest BCUT2D eigenvalue weighted by Gasteiger charge is -2.07. The van der Waals surface area contributed by atoms with E-state index in [1.54, 1.807) is 38.2 Å². The fraction of sp³-hybridized carbons (Fsp3) is 0.250. The highest BCUT2D eigenvalue weighted by atomic mass is 16.6. The molecule has 0 spiro atoms. The number of rotatable bonds is 8. The molecule has 0 saturated carbocycles. The van der Waals surface area contributed by atoms with Gasteiger partial charge in [0, 0.05) is 37.4 Å². The Balaban J connectivity index is 0.000000278. The molecule has 0 aliphatic heterocycles. The van der Waals surface area contributed by atoms with Gasteiger partial charge < -0.3 is 25.1 Å². The summed E-state index contributed by atoms with van der Waals surface area (Å²) in [5.41, 5.74) is 5.45. The third-order valence-electron chi connectivity index (χ3n) is 4.84. The van der Waals surface area contributed by atoms with Gasteiger partial charge in [0.1, 0.15) is 5.56 Å². The molecule has 0 aliphatic carbocycles. The second-order valence-electron chi connectivity index (χ2n) is 7.60. The molecule has 0 radical (unpaired) electrons. The van der Waals surface area contributed by atoms with Crippen molar-refractivity contribution >= 4 is 46.0 Å². The van der Waals surface area contributed by atoms with E-state index in [0.29, 0.717) is 17.9 Å². The summed E-state index contributed by atoms with van der Waals surface area (Å²) in [5, 5.41) is 23.3. The normalized spacial score (nSPS) is 10.5. The maximum absolute atomic E-state index is 11.9. The Labute approximate surface area is 211 Å². The van der Waals surface area contributed by atoms with Crippen LogP contribution in [0.25, 0.3) is 17.0 Å². The van der Waals surface area contributed by atoms with Gasteiger partial charge in [0.25, 0.3) is 11.4 Å². The van der Waals surface area contributed by atoms with Crippen molar-refractivity contribution in [2.75, 3.05) is 33.0 Å². The van der Waals surface area contributed by atoms with Crippen LogP contribution in [0.5, 0.6) is 0 Å². The summed E-state index contributed by atoms with van der Waals surface area (Å²) in [7, 11) is 3.42. The van der Waals surface area contributed by atoms with E-state index in [-0.39, 0.29) is 18.1 Å². The number of nitrogens with one attached hydrogen (secondary N) is 1. The highest BCUT2D eigenvalue weighted by Gasteiger charge is 2.34. The van der Waals surface area contributed by atoms with Gasteiger partial charge in [-0.3, -0.25) is 20.2 Å². The van der Waals surface area contributed by atoms with E-state index < -0.39 is 32.8 Å². The summed E-state index contributed by atoms with van der Waals surface area (Å²) >= 11 is 0. The Morgan fingerprint density at radius 2 is 1.59 bits per heavy atom. The van der Waals surface area contributed by atoms with Crippen LogP contribution >= 0.6 is 0 Å². The average Bonchev–Trinajstić information content (AvgIpc) is 3.31. The van der Waals surface area contributed by atoms with E-state index in [2.05, 4.69) is 4.98 Å². The highest BCUT2D eigenvalue weighted by molar-refractivity contribution is 6.07. The lowest BCUT2D eigenvalue weighted by atomic mass is 10.0. The number of esters is 2. The van der Waals surface area contributed by atoms with Crippen LogP contribution in [0.4, 0.5) is 17.1 Å². The van der Waals surface area contributed by atoms with Gasteiger partial charge in [-0.1, -0.05) is 6.07 Å². The lowest BCUT2D eigenvalue weighted by molar-refractivity contribution is -0.394. The number of nitro benzene ring substituents is 2. The Bertz CT molecular complexity index is 1350. The van der Waals surface area contributed by atoms with Crippen LogP contribution in [0.2, 0.25) is 0 Å². The van der Waals surface area contributed by atoms with Gasteiger partial charge in [-0.15, -0.1) is 0 Å². The number of nitrogens with two attached hydrogens (primary N) is 1. The number of nitrogen functional groups attached to an aromatic ring is 1. The van der Waals surface area contributed by atoms with Gasteiger partial charge in [-0.2, -0.15) is 0 Å². The molecule has 196 valence electrons. The van der Waals surface area contributed by atoms with Crippen LogP contribution in [0.3, 0.4) is 0 Å². The molecule has 13 heteroatoms. The average molecular weight is 514 g/mol. The predicted molar refractivity (Wildman–Crippen MR) is 137 cm³/mol. The lowest BCUT2D eigenvalue weighted by Crippen LogP contribution is -2.12. The van der Waals surface area contributed by atoms with Crippen molar-refractivity contribution < 1.29 is 28.9 Å². The molecule has 0 bridgehead atoms. The summed E-state index contributed by atoms with van der Waals surface area (Å²) in [5.74, 6) is -1.48. The number of nitrogens with zero attached hydrogens (tertiary/aromatic N) is 3. The van der Waals surface area contributed by atoms with E-state index in [1.165, 1.54) is 25.3 Å². The van der Waals surface area contributed by atoms with Crippen molar-refractivity contribution in [3.05, 3.63) is 79.6 Å². The maximum atomic E-state index is 11.9. The van der Waals surface area contributed by atoms with E-state index in [1.807, 2.05) is 12.1 Å². The van der Waals surface area contributed by atoms with Crippen molar-refractivity contribution in [2.24, 2.45) is 0 Å². The first-order valence-electron chi connectivity index (χ1n) is 11.0. The van der Waals surface area contributed by atoms with Crippen LogP contribution in [0, 0.1) is 20.2 Å². The molecule has 1 aromatic heterocycles. The largest absolute Gasteiger partial charge is 0.462 e. The molecule has 3 rings (SSSR count). The second kappa shape index (κ2) is 12.7. The number of benzene rings is 2. The minimum atomic E-state index is -1.10. The number of anilines is 1. The molecule has 0 fully saturated rings. The number of ether oxygens (including phenoxy) is 2. The molecule has 0 unspecified atom stereocenters. The minimum Gasteiger partial charge on any atom is -0.462 e. The molecule has 2 aromatic carbocycles. The molecular weight excluding hydrogens is 486 g/mol. The minimum absolute atomic E-state index is 0.0507. The third kappa shape index (κ3) is 6.81. The van der Waals surface area contributed by atoms with Crippen LogP contribution in [0.15, 0.2) is 42.7 Å². The molecule has 13 nitrogen and oxygen atoms in total. The van der Waals surface area contributed by atoms with Gasteiger partial charge in [0.05, 0.1) is 34.1 Å². The van der Waals surface area contributed by atoms with Gasteiger partial charge in [0.15, 0.2) is 0 Å². The number of hydrogen-bond donors (Lipinski definition) is 2. The van der Waals surface area contributed by atoms with Crippen molar-refractivity contribution in [3.63, 3.8) is 0 Å². The summed E-state index contributed by atoms with van der Waals surface area (Å²) < 4.78 is 9.66. The zero-order chi connectivity index (χ0) is 27.7. The Morgan fingerprint density at radius 1 is 0.973 bits per heavy atom. The van der Waals surface area contributed by atoms with Gasteiger partial charge in [-0.25, -0.2) is 9.59 Å². The zero-order valence-electron chi connectivity index (χ0n) is 20.7. The molecule has 0 atom stereocenters. The topological polar surface area (TPSA) is 184 Å². The molecular formula is C24H27N5O8. The summed E-state index contributed by atoms with van der Waals surface area (Å²) in [6, 6.07) is 7.73. The van der Waals surface area contributed by atoms with Crippen molar-refractivity contribution in [3.8, 4) is 0 Å². The quantitative estimate of drug-likeness (QED) is 0.192. The molecule has 1 heterocycles. The molecule has 0 saturated heterocycles. The molecule has 37 heavy (non-hydrogen) atoms. The number of carbonyl (C=O) groups excluding carboxylic acids is 2. The highest BCUT2D eigenvalue weighted by Crippen LogP contribution is 2.33. The first kappa shape index (κ1) is 28.3. The number of carbonyl (C=O) groups is 2. The van der Waals surface area contributed by atoms with Crippen molar-refractivity contribution in [1.82, 2.24) is 9.88 Å². The number of aromatic nitrogens is 1. The maximum Gasteiger partial charge on any atom is 0.352 e. The van der Waals surface area contributed by atoms with E-state index >= 15 is 0 Å². The molecule has 0 amide bonds. The SMILES string of the molecule is CCOC(=O)c1c(N)ccc2cc[nH]c12.CCOC(=O)c1c([N+](=O)[O-])ccc(/C=C/N(C)C)c1[N+](=O)[O-]. The predicted octanol–water partition coefficient (Wildman–Crippen LogP) is 4.14. The van der Waals surface area contributed by atoms with Crippen molar-refractivity contribution in [1.29, 1.82) is 0 Å². The molecule has 3 N–H and O–H groups in total. The third-order valence-corrected chi connectivity index (χ3v) is 4.84. The summed E-state index contributed by atoms with van der Waals surface area (Å²) in [4.78, 5) is 48.9. The summed E-state index contributed by atoms with van der Waals surface area (Å²) in [6.45, 7) is 3.56. The number of aromatic amines is 1. The standard InChI is InChI=1S/C13H15N3O6.C11H12N2O2/c1-4-22-13(17)11-10(15(18)19)6-5-9(7-8-14(2)3)12(11)16(20)21;1-2-15-11(14)9-8(12)4-3-7-5-6-13-10(7)9/h5-8H,4H2,1-3H3;3-6,13H,2,12H2,1H3/b8-7+;. The fourth-order valence-corrected chi connectivity index (χ4v) is 3.28. The van der Waals surface area contributed by atoms with E-state index in [0.717, 1.165) is 17.0 Å². The molecule has 3 aromatic rings. The number of hydrogen-bond acceptors (Lipinski definition) is 10. The van der Waals surface area contributed by atoms with Crippen LogP contribution < -0.4 is 5.73 Å². The van der Waals surface area contributed by atoms with Crippen LogP contribution in [0.1, 0.15) is 40.1 Å². The number of nitro groups is 2. The Morgan fingerprint density at radius 3 is 2.14 bits per heavy atom. The Kier molecular flexibility index (Phi) is 9.69. The first-order chi connectivity index (χ1) is 17.5. The Hall–Kier alpha value is -4.94. The van der Waals surface area contributed by atoms with E-state index in [4.69, 9.17) is 15.2 Å². The van der Waals surface area contributed by atoms with Gasteiger partial charge in [-0.05, 0) is 44.3 Å². The van der Waals surface area contributed by atoms with Gasteiger partial charge in [0.2, 0.25) is 5.56 Å². The van der Waals surface area contributed by atoms with E-state index in [9.17, 15) is 29.8 Å². The number of H-pyrrole nitrogens is 1. The smallest absolute Gasteiger partial charge is 0.352 e. The molecule has 0 aliphatic rings. The number of fused-ring (bicyclic) bond motifs is 1.